The number of nitro groups is 1. The van der Waals surface area contributed by atoms with E-state index in [-0.39, 0.29) is 0 Å². The molecule has 0 atom stereocenters. The minimum atomic E-state index is -0.875. The van der Waals surface area contributed by atoms with Crippen LogP contribution in [0.3, 0.4) is 0 Å². The summed E-state index contributed by atoms with van der Waals surface area (Å²) in [5.74, 6) is -1.62. The molecule has 0 unspecified atom stereocenters. The standard InChI is InChI=1S/C13H18FN3O3/c1-4-13(3,5-2)16-12(18)10-8(14)6-7-9(11(10)15)17(19)20/h6-7H,4-5,15H2,1-3H3,(H,16,18). The quantitative estimate of drug-likeness (QED) is 0.493. The molecule has 0 spiro atoms. The van der Waals surface area contributed by atoms with Crippen molar-refractivity contribution in [2.45, 2.75) is 39.2 Å². The Morgan fingerprint density at radius 2 is 2.00 bits per heavy atom. The van der Waals surface area contributed by atoms with Crippen LogP contribution < -0.4 is 11.1 Å². The Kier molecular flexibility index (Phi) is 4.65. The van der Waals surface area contributed by atoms with Gasteiger partial charge in [-0.15, -0.1) is 0 Å². The molecule has 3 N–H and O–H groups in total. The molecular weight excluding hydrogens is 265 g/mol. The molecule has 0 saturated heterocycles. The van der Waals surface area contributed by atoms with Gasteiger partial charge in [-0.2, -0.15) is 0 Å². The Morgan fingerprint density at radius 1 is 1.45 bits per heavy atom. The van der Waals surface area contributed by atoms with Crippen molar-refractivity contribution in [3.63, 3.8) is 0 Å². The van der Waals surface area contributed by atoms with Crippen LogP contribution in [0, 0.1) is 15.9 Å². The molecule has 1 aromatic carbocycles. The Morgan fingerprint density at radius 3 is 2.45 bits per heavy atom. The number of anilines is 1. The predicted octanol–water partition coefficient (Wildman–Crippen LogP) is 2.62. The summed E-state index contributed by atoms with van der Waals surface area (Å²) in [6.45, 7) is 5.59. The van der Waals surface area contributed by atoms with Crippen LogP contribution in [0.1, 0.15) is 44.0 Å². The molecular formula is C13H18FN3O3. The van der Waals surface area contributed by atoms with Crippen molar-refractivity contribution in [3.05, 3.63) is 33.6 Å². The molecule has 20 heavy (non-hydrogen) atoms. The van der Waals surface area contributed by atoms with Crippen molar-refractivity contribution in [2.24, 2.45) is 0 Å². The van der Waals surface area contributed by atoms with Crippen molar-refractivity contribution < 1.29 is 14.1 Å². The summed E-state index contributed by atoms with van der Waals surface area (Å²) in [5, 5.41) is 13.5. The zero-order valence-electron chi connectivity index (χ0n) is 11.7. The van der Waals surface area contributed by atoms with Crippen LogP contribution in [0.2, 0.25) is 0 Å². The van der Waals surface area contributed by atoms with Crippen LogP contribution in [0.5, 0.6) is 0 Å². The number of rotatable bonds is 5. The fraction of sp³-hybridized carbons (Fsp3) is 0.462. The van der Waals surface area contributed by atoms with Gasteiger partial charge in [0.25, 0.3) is 11.6 Å². The molecule has 6 nitrogen and oxygen atoms in total. The first-order valence-electron chi connectivity index (χ1n) is 6.30. The normalized spacial score (nSPS) is 11.2. The van der Waals surface area contributed by atoms with Crippen molar-refractivity contribution in [1.82, 2.24) is 5.32 Å². The second-order valence-electron chi connectivity index (χ2n) is 4.83. The van der Waals surface area contributed by atoms with E-state index in [0.29, 0.717) is 12.8 Å². The smallest absolute Gasteiger partial charge is 0.293 e. The van der Waals surface area contributed by atoms with Gasteiger partial charge in [0.2, 0.25) is 0 Å². The largest absolute Gasteiger partial charge is 0.392 e. The van der Waals surface area contributed by atoms with Gasteiger partial charge in [-0.05, 0) is 25.8 Å². The lowest BCUT2D eigenvalue weighted by molar-refractivity contribution is -0.384. The summed E-state index contributed by atoms with van der Waals surface area (Å²) in [6, 6.07) is 1.82. The van der Waals surface area contributed by atoms with E-state index in [9.17, 15) is 19.3 Å². The second kappa shape index (κ2) is 5.85. The Hall–Kier alpha value is -2.18. The first-order valence-corrected chi connectivity index (χ1v) is 6.30. The number of halogens is 1. The summed E-state index contributed by atoms with van der Waals surface area (Å²) in [5.41, 5.74) is 3.62. The number of nitrogens with zero attached hydrogens (tertiary/aromatic N) is 1. The van der Waals surface area contributed by atoms with E-state index in [1.165, 1.54) is 0 Å². The number of nitrogens with two attached hydrogens (primary N) is 1. The number of nitrogens with one attached hydrogen (secondary N) is 1. The average molecular weight is 283 g/mol. The van der Waals surface area contributed by atoms with Gasteiger partial charge >= 0.3 is 0 Å². The molecule has 0 aliphatic heterocycles. The fourth-order valence-corrected chi connectivity index (χ4v) is 1.74. The molecule has 1 rings (SSSR count). The summed E-state index contributed by atoms with van der Waals surface area (Å²) in [7, 11) is 0. The Bertz CT molecular complexity index is 542. The van der Waals surface area contributed by atoms with E-state index < -0.39 is 39.1 Å². The molecule has 0 aliphatic carbocycles. The summed E-state index contributed by atoms with van der Waals surface area (Å²) in [4.78, 5) is 22.2. The minimum absolute atomic E-state index is 0.456. The third kappa shape index (κ3) is 3.04. The van der Waals surface area contributed by atoms with Crippen LogP contribution in [-0.4, -0.2) is 16.4 Å². The maximum Gasteiger partial charge on any atom is 0.293 e. The minimum Gasteiger partial charge on any atom is -0.392 e. The molecule has 0 radical (unpaired) electrons. The third-order valence-electron chi connectivity index (χ3n) is 3.57. The molecule has 0 bridgehead atoms. The molecule has 0 aliphatic rings. The Balaban J connectivity index is 3.23. The molecule has 0 heterocycles. The number of benzene rings is 1. The van der Waals surface area contributed by atoms with Gasteiger partial charge in [-0.25, -0.2) is 4.39 Å². The maximum absolute atomic E-state index is 13.8. The lowest BCUT2D eigenvalue weighted by atomic mass is 9.95. The average Bonchev–Trinajstić information content (AvgIpc) is 2.38. The van der Waals surface area contributed by atoms with Crippen molar-refractivity contribution in [2.75, 3.05) is 5.73 Å². The molecule has 0 saturated carbocycles. The fourth-order valence-electron chi connectivity index (χ4n) is 1.74. The number of hydrogen-bond donors (Lipinski definition) is 2. The molecule has 7 heteroatoms. The monoisotopic (exact) mass is 283 g/mol. The maximum atomic E-state index is 13.8. The number of carbonyl (C=O) groups is 1. The van der Waals surface area contributed by atoms with Gasteiger partial charge < -0.3 is 11.1 Å². The second-order valence-corrected chi connectivity index (χ2v) is 4.83. The lowest BCUT2D eigenvalue weighted by Gasteiger charge is -2.28. The predicted molar refractivity (Wildman–Crippen MR) is 73.9 cm³/mol. The topological polar surface area (TPSA) is 98.3 Å². The third-order valence-corrected chi connectivity index (χ3v) is 3.57. The SMILES string of the molecule is CCC(C)(CC)NC(=O)c1c(F)ccc([N+](=O)[O-])c1N. The molecule has 110 valence electrons. The van der Waals surface area contributed by atoms with Crippen LogP contribution in [0.25, 0.3) is 0 Å². The van der Waals surface area contributed by atoms with Crippen LogP contribution in [0.4, 0.5) is 15.8 Å². The van der Waals surface area contributed by atoms with Crippen molar-refractivity contribution in [1.29, 1.82) is 0 Å². The highest BCUT2D eigenvalue weighted by molar-refractivity contribution is 6.01. The van der Waals surface area contributed by atoms with E-state index in [2.05, 4.69) is 5.32 Å². The van der Waals surface area contributed by atoms with Gasteiger partial charge in [0, 0.05) is 11.6 Å². The summed E-state index contributed by atoms with van der Waals surface area (Å²) >= 11 is 0. The molecule has 1 aromatic rings. The van der Waals surface area contributed by atoms with E-state index >= 15 is 0 Å². The van der Waals surface area contributed by atoms with Gasteiger partial charge in [-0.1, -0.05) is 13.8 Å². The number of nitro benzene ring substituents is 1. The first-order chi connectivity index (χ1) is 9.25. The zero-order chi connectivity index (χ0) is 15.5. The summed E-state index contributed by atoms with van der Waals surface area (Å²) < 4.78 is 13.8. The number of carbonyl (C=O) groups excluding carboxylic acids is 1. The molecule has 0 aromatic heterocycles. The molecule has 1 amide bonds. The van der Waals surface area contributed by atoms with Gasteiger partial charge in [-0.3, -0.25) is 14.9 Å². The van der Waals surface area contributed by atoms with Gasteiger partial charge in [0.05, 0.1) is 4.92 Å². The highest BCUT2D eigenvalue weighted by atomic mass is 19.1. The van der Waals surface area contributed by atoms with Crippen LogP contribution >= 0.6 is 0 Å². The van der Waals surface area contributed by atoms with Crippen molar-refractivity contribution >= 4 is 17.3 Å². The van der Waals surface area contributed by atoms with Gasteiger partial charge in [0.15, 0.2) is 0 Å². The lowest BCUT2D eigenvalue weighted by Crippen LogP contribution is -2.45. The number of amides is 1. The number of hydrogen-bond acceptors (Lipinski definition) is 4. The van der Waals surface area contributed by atoms with Crippen LogP contribution in [0.15, 0.2) is 12.1 Å². The van der Waals surface area contributed by atoms with E-state index in [4.69, 9.17) is 5.73 Å². The van der Waals surface area contributed by atoms with E-state index in [1.54, 1.807) is 0 Å². The molecule has 0 fully saturated rings. The first kappa shape index (κ1) is 15.9. The summed E-state index contributed by atoms with van der Waals surface area (Å²) in [6.07, 6.45) is 1.29. The number of nitrogen functional groups attached to an aromatic ring is 1. The zero-order valence-corrected chi connectivity index (χ0v) is 11.7. The Labute approximate surface area is 116 Å². The van der Waals surface area contributed by atoms with Crippen LogP contribution in [-0.2, 0) is 0 Å². The van der Waals surface area contributed by atoms with Crippen molar-refractivity contribution in [3.8, 4) is 0 Å². The highest BCUT2D eigenvalue weighted by Gasteiger charge is 2.28. The highest BCUT2D eigenvalue weighted by Crippen LogP contribution is 2.28. The van der Waals surface area contributed by atoms with Gasteiger partial charge in [0.1, 0.15) is 17.1 Å². The van der Waals surface area contributed by atoms with E-state index in [0.717, 1.165) is 12.1 Å². The van der Waals surface area contributed by atoms with E-state index in [1.807, 2.05) is 20.8 Å².